The number of hydrogen-bond acceptors (Lipinski definition) is 2. The quantitative estimate of drug-likeness (QED) is 0.802. The van der Waals surface area contributed by atoms with E-state index in [0.29, 0.717) is 12.0 Å². The molecule has 3 atom stereocenters. The maximum absolute atomic E-state index is 6.44. The van der Waals surface area contributed by atoms with Gasteiger partial charge in [0, 0.05) is 28.8 Å². The van der Waals surface area contributed by atoms with E-state index in [1.54, 1.807) is 0 Å². The van der Waals surface area contributed by atoms with E-state index in [2.05, 4.69) is 41.7 Å². The SMILES string of the molecule is Clc1cccc2c1[C@@H]1OCCC[C@@H]1[C@@H](c1ccccc1)N2. The van der Waals surface area contributed by atoms with Crippen molar-refractivity contribution in [1.29, 1.82) is 0 Å². The Morgan fingerprint density at radius 1 is 1.05 bits per heavy atom. The highest BCUT2D eigenvalue weighted by Crippen LogP contribution is 2.50. The smallest absolute Gasteiger partial charge is 0.0910 e. The third-order valence-electron chi connectivity index (χ3n) is 4.60. The Bertz CT molecular complexity index is 643. The first-order valence-corrected chi connectivity index (χ1v) is 7.94. The summed E-state index contributed by atoms with van der Waals surface area (Å²) in [5.41, 5.74) is 3.57. The second-order valence-corrected chi connectivity index (χ2v) is 6.24. The molecule has 2 aliphatic heterocycles. The largest absolute Gasteiger partial charge is 0.377 e. The topological polar surface area (TPSA) is 21.3 Å². The molecule has 0 bridgehead atoms. The van der Waals surface area contributed by atoms with Crippen LogP contribution >= 0.6 is 11.6 Å². The summed E-state index contributed by atoms with van der Waals surface area (Å²) in [7, 11) is 0. The molecule has 1 N–H and O–H groups in total. The highest BCUT2D eigenvalue weighted by molar-refractivity contribution is 6.31. The van der Waals surface area contributed by atoms with Gasteiger partial charge in [0.05, 0.1) is 12.1 Å². The number of halogens is 1. The van der Waals surface area contributed by atoms with Crippen LogP contribution in [0.1, 0.15) is 36.1 Å². The number of benzene rings is 2. The molecule has 2 heterocycles. The van der Waals surface area contributed by atoms with Crippen molar-refractivity contribution in [2.45, 2.75) is 25.0 Å². The molecule has 2 aromatic carbocycles. The lowest BCUT2D eigenvalue weighted by Gasteiger charge is -2.43. The highest BCUT2D eigenvalue weighted by Gasteiger charge is 2.40. The molecule has 0 saturated carbocycles. The van der Waals surface area contributed by atoms with Crippen LogP contribution in [0, 0.1) is 5.92 Å². The van der Waals surface area contributed by atoms with Gasteiger partial charge in [0.15, 0.2) is 0 Å². The van der Waals surface area contributed by atoms with Gasteiger partial charge in [-0.2, -0.15) is 0 Å². The number of rotatable bonds is 1. The van der Waals surface area contributed by atoms with Crippen LogP contribution < -0.4 is 5.32 Å². The Morgan fingerprint density at radius 2 is 1.90 bits per heavy atom. The summed E-state index contributed by atoms with van der Waals surface area (Å²) in [6.07, 6.45) is 2.39. The monoisotopic (exact) mass is 299 g/mol. The third kappa shape index (κ3) is 2.23. The van der Waals surface area contributed by atoms with Crippen LogP contribution in [0.3, 0.4) is 0 Å². The maximum atomic E-state index is 6.44. The molecular weight excluding hydrogens is 282 g/mol. The van der Waals surface area contributed by atoms with Gasteiger partial charge < -0.3 is 10.1 Å². The van der Waals surface area contributed by atoms with Crippen LogP contribution in [0.5, 0.6) is 0 Å². The van der Waals surface area contributed by atoms with Crippen LogP contribution in [0.15, 0.2) is 48.5 Å². The van der Waals surface area contributed by atoms with Gasteiger partial charge in [-0.15, -0.1) is 0 Å². The van der Waals surface area contributed by atoms with Gasteiger partial charge in [0.2, 0.25) is 0 Å². The van der Waals surface area contributed by atoms with E-state index in [1.165, 1.54) is 12.0 Å². The Kier molecular flexibility index (Phi) is 3.36. The minimum atomic E-state index is 0.105. The lowest BCUT2D eigenvalue weighted by molar-refractivity contribution is -0.0380. The predicted molar refractivity (Wildman–Crippen MR) is 85.7 cm³/mol. The molecule has 2 nitrogen and oxygen atoms in total. The molecule has 0 radical (unpaired) electrons. The lowest BCUT2D eigenvalue weighted by atomic mass is 9.77. The van der Waals surface area contributed by atoms with Gasteiger partial charge in [0.1, 0.15) is 0 Å². The number of hydrogen-bond donors (Lipinski definition) is 1. The predicted octanol–water partition coefficient (Wildman–Crippen LogP) is 4.97. The Hall–Kier alpha value is -1.51. The highest BCUT2D eigenvalue weighted by atomic mass is 35.5. The van der Waals surface area contributed by atoms with Gasteiger partial charge >= 0.3 is 0 Å². The Balaban J connectivity index is 1.81. The zero-order valence-corrected chi connectivity index (χ0v) is 12.5. The number of anilines is 1. The summed E-state index contributed by atoms with van der Waals surface area (Å²) in [5.74, 6) is 0.438. The van der Waals surface area contributed by atoms with E-state index in [-0.39, 0.29) is 6.10 Å². The summed E-state index contributed by atoms with van der Waals surface area (Å²) in [4.78, 5) is 0. The first-order valence-electron chi connectivity index (χ1n) is 7.56. The molecule has 3 heteroatoms. The van der Waals surface area contributed by atoms with Crippen molar-refractivity contribution in [3.8, 4) is 0 Å². The van der Waals surface area contributed by atoms with Crippen molar-refractivity contribution < 1.29 is 4.74 Å². The summed E-state index contributed by atoms with van der Waals surface area (Å²) in [6, 6.07) is 17.0. The second kappa shape index (κ2) is 5.36. The van der Waals surface area contributed by atoms with Crippen LogP contribution in [-0.2, 0) is 4.74 Å². The third-order valence-corrected chi connectivity index (χ3v) is 4.93. The van der Waals surface area contributed by atoms with Crippen molar-refractivity contribution in [1.82, 2.24) is 0 Å². The molecule has 108 valence electrons. The van der Waals surface area contributed by atoms with Gasteiger partial charge in [0.25, 0.3) is 0 Å². The fraction of sp³-hybridized carbons (Fsp3) is 0.333. The van der Waals surface area contributed by atoms with Gasteiger partial charge in [-0.1, -0.05) is 48.0 Å². The van der Waals surface area contributed by atoms with Crippen LogP contribution in [-0.4, -0.2) is 6.61 Å². The molecule has 0 aromatic heterocycles. The van der Waals surface area contributed by atoms with Crippen molar-refractivity contribution in [2.24, 2.45) is 5.92 Å². The van der Waals surface area contributed by atoms with Crippen molar-refractivity contribution in [2.75, 3.05) is 11.9 Å². The van der Waals surface area contributed by atoms with Gasteiger partial charge in [-0.05, 0) is 30.5 Å². The van der Waals surface area contributed by atoms with Crippen molar-refractivity contribution in [3.63, 3.8) is 0 Å². The molecule has 0 amide bonds. The number of ether oxygens (including phenoxy) is 1. The fourth-order valence-electron chi connectivity index (χ4n) is 3.66. The van der Waals surface area contributed by atoms with Crippen LogP contribution in [0.2, 0.25) is 5.02 Å². The number of fused-ring (bicyclic) bond motifs is 3. The minimum absolute atomic E-state index is 0.105. The maximum Gasteiger partial charge on any atom is 0.0910 e. The molecular formula is C18H18ClNO. The van der Waals surface area contributed by atoms with Crippen molar-refractivity contribution >= 4 is 17.3 Å². The zero-order chi connectivity index (χ0) is 14.2. The molecule has 0 unspecified atom stereocenters. The zero-order valence-electron chi connectivity index (χ0n) is 11.8. The average molecular weight is 300 g/mol. The molecule has 1 fully saturated rings. The molecule has 1 saturated heterocycles. The molecule has 0 spiro atoms. The number of nitrogens with one attached hydrogen (secondary N) is 1. The summed E-state index contributed by atoms with van der Waals surface area (Å²) >= 11 is 6.44. The Morgan fingerprint density at radius 3 is 2.76 bits per heavy atom. The van der Waals surface area contributed by atoms with E-state index in [1.807, 2.05) is 12.1 Å². The van der Waals surface area contributed by atoms with E-state index < -0.39 is 0 Å². The second-order valence-electron chi connectivity index (χ2n) is 5.83. The Labute approximate surface area is 130 Å². The van der Waals surface area contributed by atoms with Crippen LogP contribution in [0.25, 0.3) is 0 Å². The molecule has 2 aliphatic rings. The minimum Gasteiger partial charge on any atom is -0.377 e. The molecule has 4 rings (SSSR count). The lowest BCUT2D eigenvalue weighted by Crippen LogP contribution is -2.36. The van der Waals surface area contributed by atoms with Crippen LogP contribution in [0.4, 0.5) is 5.69 Å². The molecule has 2 aromatic rings. The van der Waals surface area contributed by atoms with E-state index in [4.69, 9.17) is 16.3 Å². The summed E-state index contributed by atoms with van der Waals surface area (Å²) < 4.78 is 6.12. The summed E-state index contributed by atoms with van der Waals surface area (Å²) in [5, 5.41) is 4.50. The van der Waals surface area contributed by atoms with Gasteiger partial charge in [-0.25, -0.2) is 0 Å². The van der Waals surface area contributed by atoms with E-state index in [9.17, 15) is 0 Å². The molecule has 21 heavy (non-hydrogen) atoms. The normalized spacial score (nSPS) is 27.4. The van der Waals surface area contributed by atoms with E-state index in [0.717, 1.165) is 29.3 Å². The molecule has 0 aliphatic carbocycles. The standard InChI is InChI=1S/C18H18ClNO/c19-14-9-4-10-15-16(14)18-13(8-5-11-21-18)17(20-15)12-6-2-1-3-7-12/h1-4,6-7,9-10,13,17-18,20H,5,8,11H2/t13-,17-,18-/m1/s1. The van der Waals surface area contributed by atoms with Gasteiger partial charge in [-0.3, -0.25) is 0 Å². The average Bonchev–Trinajstić information content (AvgIpc) is 2.55. The fourth-order valence-corrected chi connectivity index (χ4v) is 3.94. The summed E-state index contributed by atoms with van der Waals surface area (Å²) in [6.45, 7) is 0.827. The first-order chi connectivity index (χ1) is 10.3. The van der Waals surface area contributed by atoms with E-state index >= 15 is 0 Å². The van der Waals surface area contributed by atoms with Crippen molar-refractivity contribution in [3.05, 3.63) is 64.7 Å². The first kappa shape index (κ1) is 13.2.